The Kier molecular flexibility index (Phi) is 3.80. The van der Waals surface area contributed by atoms with Crippen molar-refractivity contribution in [3.05, 3.63) is 59.9 Å². The van der Waals surface area contributed by atoms with E-state index in [1.165, 1.54) is 25.3 Å². The lowest BCUT2D eigenvalue weighted by molar-refractivity contribution is 0.0697. The number of H-pyrrole nitrogens is 1. The first-order valence-corrected chi connectivity index (χ1v) is 6.81. The number of methoxy groups -OCH3 is 1. The van der Waals surface area contributed by atoms with Crippen LogP contribution in [0.5, 0.6) is 5.75 Å². The number of carboxylic acid groups (broad SMARTS) is 1. The molecule has 0 spiro atoms. The fourth-order valence-corrected chi connectivity index (χ4v) is 2.29. The molecule has 0 saturated carbocycles. The summed E-state index contributed by atoms with van der Waals surface area (Å²) < 4.78 is 18.1. The Hall–Kier alpha value is -3.15. The third kappa shape index (κ3) is 2.91. The van der Waals surface area contributed by atoms with Crippen molar-refractivity contribution in [2.24, 2.45) is 0 Å². The second-order valence-electron chi connectivity index (χ2n) is 4.89. The zero-order valence-electron chi connectivity index (χ0n) is 12.2. The van der Waals surface area contributed by atoms with Crippen LogP contribution in [0.4, 0.5) is 4.39 Å². The molecule has 0 aliphatic rings. The number of halogens is 1. The van der Waals surface area contributed by atoms with Crippen LogP contribution >= 0.6 is 0 Å². The molecule has 0 aliphatic carbocycles. The average Bonchev–Trinajstić information content (AvgIpc) is 3.04. The number of hydrogen-bond donors (Lipinski definition) is 2. The summed E-state index contributed by atoms with van der Waals surface area (Å²) in [6, 6.07) is 12.3. The highest BCUT2D eigenvalue weighted by Gasteiger charge is 2.15. The van der Waals surface area contributed by atoms with Crippen LogP contribution in [0.25, 0.3) is 22.5 Å². The third-order valence-electron chi connectivity index (χ3n) is 3.47. The lowest BCUT2D eigenvalue weighted by Crippen LogP contribution is -2.00. The molecule has 0 atom stereocenters. The second-order valence-corrected chi connectivity index (χ2v) is 4.89. The molecule has 3 rings (SSSR count). The molecule has 0 fully saturated rings. The number of ether oxygens (including phenoxy) is 1. The lowest BCUT2D eigenvalue weighted by atomic mass is 10.0. The first kappa shape index (κ1) is 14.8. The van der Waals surface area contributed by atoms with Crippen molar-refractivity contribution in [1.82, 2.24) is 10.2 Å². The Bertz CT molecular complexity index is 857. The van der Waals surface area contributed by atoms with Crippen LogP contribution in [0, 0.1) is 5.82 Å². The quantitative estimate of drug-likeness (QED) is 0.772. The van der Waals surface area contributed by atoms with Gasteiger partial charge in [0.15, 0.2) is 0 Å². The predicted octanol–water partition coefficient (Wildman–Crippen LogP) is 3.59. The van der Waals surface area contributed by atoms with Crippen LogP contribution in [0.15, 0.2) is 48.5 Å². The van der Waals surface area contributed by atoms with Gasteiger partial charge in [0, 0.05) is 11.1 Å². The van der Waals surface area contributed by atoms with Crippen LogP contribution in [0.1, 0.15) is 10.4 Å². The van der Waals surface area contributed by atoms with Gasteiger partial charge < -0.3 is 9.84 Å². The summed E-state index contributed by atoms with van der Waals surface area (Å²) in [6.07, 6.45) is 0. The number of benzene rings is 2. The number of aromatic nitrogens is 2. The largest absolute Gasteiger partial charge is 0.497 e. The van der Waals surface area contributed by atoms with E-state index < -0.39 is 5.97 Å². The van der Waals surface area contributed by atoms with Gasteiger partial charge in [-0.15, -0.1) is 0 Å². The second kappa shape index (κ2) is 5.92. The van der Waals surface area contributed by atoms with E-state index in [1.54, 1.807) is 30.3 Å². The Morgan fingerprint density at radius 2 is 1.91 bits per heavy atom. The van der Waals surface area contributed by atoms with E-state index in [-0.39, 0.29) is 11.4 Å². The van der Waals surface area contributed by atoms with Gasteiger partial charge in [0.25, 0.3) is 0 Å². The number of aromatic carboxylic acids is 1. The van der Waals surface area contributed by atoms with E-state index in [4.69, 9.17) is 4.74 Å². The monoisotopic (exact) mass is 312 g/mol. The number of nitrogens with one attached hydrogen (secondary N) is 1. The highest BCUT2D eigenvalue weighted by Crippen LogP contribution is 2.29. The molecule has 1 aromatic heterocycles. The first-order chi connectivity index (χ1) is 11.1. The standard InChI is InChI=1S/C17H13FN2O3/c1-23-12-6-7-13(17(21)22)14(8-12)16-9-15(19-20-16)10-2-4-11(18)5-3-10/h2-9H,1H3,(H,19,20)(H,21,22). The molecular formula is C17H13FN2O3. The molecule has 6 heteroatoms. The average molecular weight is 312 g/mol. The molecule has 2 aromatic carbocycles. The van der Waals surface area contributed by atoms with Crippen molar-refractivity contribution in [3.63, 3.8) is 0 Å². The van der Waals surface area contributed by atoms with Crippen molar-refractivity contribution in [1.29, 1.82) is 0 Å². The fraction of sp³-hybridized carbons (Fsp3) is 0.0588. The third-order valence-corrected chi connectivity index (χ3v) is 3.47. The number of carboxylic acids is 1. The molecule has 23 heavy (non-hydrogen) atoms. The van der Waals surface area contributed by atoms with E-state index in [2.05, 4.69) is 10.2 Å². The molecule has 2 N–H and O–H groups in total. The van der Waals surface area contributed by atoms with Crippen molar-refractivity contribution in [2.45, 2.75) is 0 Å². The van der Waals surface area contributed by atoms with Crippen LogP contribution < -0.4 is 4.74 Å². The minimum atomic E-state index is -1.04. The molecule has 0 amide bonds. The Morgan fingerprint density at radius 1 is 1.17 bits per heavy atom. The van der Waals surface area contributed by atoms with Crippen molar-refractivity contribution < 1.29 is 19.0 Å². The molecule has 0 radical (unpaired) electrons. The lowest BCUT2D eigenvalue weighted by Gasteiger charge is -2.06. The van der Waals surface area contributed by atoms with Gasteiger partial charge in [0.2, 0.25) is 0 Å². The summed E-state index contributed by atoms with van der Waals surface area (Å²) in [4.78, 5) is 11.4. The summed E-state index contributed by atoms with van der Waals surface area (Å²) in [7, 11) is 1.51. The molecular weight excluding hydrogens is 299 g/mol. The predicted molar refractivity (Wildman–Crippen MR) is 82.9 cm³/mol. The topological polar surface area (TPSA) is 75.2 Å². The van der Waals surface area contributed by atoms with E-state index in [1.807, 2.05) is 0 Å². The van der Waals surface area contributed by atoms with Gasteiger partial charge in [-0.2, -0.15) is 5.10 Å². The SMILES string of the molecule is COc1ccc(C(=O)O)c(-c2cc(-c3ccc(F)cc3)n[nH]2)c1. The molecule has 1 heterocycles. The van der Waals surface area contributed by atoms with Gasteiger partial charge in [0.1, 0.15) is 11.6 Å². The minimum absolute atomic E-state index is 0.139. The summed E-state index contributed by atoms with van der Waals surface area (Å²) >= 11 is 0. The minimum Gasteiger partial charge on any atom is -0.497 e. The molecule has 0 bridgehead atoms. The van der Waals surface area contributed by atoms with Gasteiger partial charge in [-0.1, -0.05) is 0 Å². The molecule has 0 unspecified atom stereocenters. The smallest absolute Gasteiger partial charge is 0.336 e. The maximum atomic E-state index is 13.0. The van der Waals surface area contributed by atoms with E-state index in [0.29, 0.717) is 22.7 Å². The maximum Gasteiger partial charge on any atom is 0.336 e. The van der Waals surface area contributed by atoms with Crippen LogP contribution in [0.2, 0.25) is 0 Å². The molecule has 3 aromatic rings. The summed E-state index contributed by atoms with van der Waals surface area (Å²) in [5, 5.41) is 16.3. The van der Waals surface area contributed by atoms with Gasteiger partial charge in [-0.25, -0.2) is 9.18 Å². The highest BCUT2D eigenvalue weighted by molar-refractivity contribution is 5.96. The number of rotatable bonds is 4. The number of hydrogen-bond acceptors (Lipinski definition) is 3. The highest BCUT2D eigenvalue weighted by atomic mass is 19.1. The number of carbonyl (C=O) groups is 1. The number of nitrogens with zero attached hydrogens (tertiary/aromatic N) is 1. The maximum absolute atomic E-state index is 13.0. The van der Waals surface area contributed by atoms with Gasteiger partial charge in [-0.3, -0.25) is 5.10 Å². The Labute approximate surface area is 131 Å². The zero-order valence-corrected chi connectivity index (χ0v) is 12.2. The van der Waals surface area contributed by atoms with Crippen LogP contribution in [-0.2, 0) is 0 Å². The number of aromatic amines is 1. The van der Waals surface area contributed by atoms with Crippen molar-refractivity contribution in [2.75, 3.05) is 7.11 Å². The molecule has 0 saturated heterocycles. The molecule has 5 nitrogen and oxygen atoms in total. The van der Waals surface area contributed by atoms with E-state index >= 15 is 0 Å². The normalized spacial score (nSPS) is 10.5. The van der Waals surface area contributed by atoms with Crippen LogP contribution in [0.3, 0.4) is 0 Å². The van der Waals surface area contributed by atoms with Gasteiger partial charge in [0.05, 0.1) is 24.1 Å². The fourth-order valence-electron chi connectivity index (χ4n) is 2.29. The Balaban J connectivity index is 2.06. The summed E-state index contributed by atoms with van der Waals surface area (Å²) in [5.41, 5.74) is 2.48. The summed E-state index contributed by atoms with van der Waals surface area (Å²) in [6.45, 7) is 0. The van der Waals surface area contributed by atoms with Crippen molar-refractivity contribution in [3.8, 4) is 28.3 Å². The zero-order chi connectivity index (χ0) is 16.4. The molecule has 116 valence electrons. The van der Waals surface area contributed by atoms with Gasteiger partial charge in [-0.05, 0) is 48.5 Å². The summed E-state index contributed by atoms with van der Waals surface area (Å²) in [5.74, 6) is -0.825. The Morgan fingerprint density at radius 3 is 2.57 bits per heavy atom. The first-order valence-electron chi connectivity index (χ1n) is 6.81. The van der Waals surface area contributed by atoms with Crippen molar-refractivity contribution >= 4 is 5.97 Å². The van der Waals surface area contributed by atoms with Crippen LogP contribution in [-0.4, -0.2) is 28.4 Å². The molecule has 0 aliphatic heterocycles. The van der Waals surface area contributed by atoms with Gasteiger partial charge >= 0.3 is 5.97 Å². The van der Waals surface area contributed by atoms with E-state index in [0.717, 1.165) is 5.56 Å². The van der Waals surface area contributed by atoms with E-state index in [9.17, 15) is 14.3 Å².